The predicted octanol–water partition coefficient (Wildman–Crippen LogP) is 1.90. The topological polar surface area (TPSA) is 36.9 Å². The van der Waals surface area contributed by atoms with Crippen LogP contribution < -0.4 is 5.32 Å². The van der Waals surface area contributed by atoms with Crippen molar-refractivity contribution in [1.29, 1.82) is 0 Å². The van der Waals surface area contributed by atoms with Gasteiger partial charge in [-0.2, -0.15) is 11.8 Å². The summed E-state index contributed by atoms with van der Waals surface area (Å²) in [7, 11) is 3.87. The fourth-order valence-electron chi connectivity index (χ4n) is 1.49. The van der Waals surface area contributed by atoms with E-state index in [1.807, 2.05) is 18.8 Å². The number of aliphatic imine (C=N–C) groups is 1. The molecule has 0 atom stereocenters. The minimum atomic E-state index is 0. The van der Waals surface area contributed by atoms with E-state index in [0.29, 0.717) is 0 Å². The van der Waals surface area contributed by atoms with Crippen LogP contribution >= 0.6 is 35.7 Å². The van der Waals surface area contributed by atoms with Crippen LogP contribution in [0, 0.1) is 5.92 Å². The van der Waals surface area contributed by atoms with Crippen molar-refractivity contribution < 1.29 is 4.74 Å². The van der Waals surface area contributed by atoms with Gasteiger partial charge in [0, 0.05) is 39.5 Å². The monoisotopic (exact) mass is 387 g/mol. The summed E-state index contributed by atoms with van der Waals surface area (Å²) in [5.41, 5.74) is 0. The predicted molar refractivity (Wildman–Crippen MR) is 91.3 cm³/mol. The number of nitrogens with one attached hydrogen (secondary N) is 1. The Morgan fingerprint density at radius 3 is 2.78 bits per heavy atom. The number of nitrogens with zero attached hydrogens (tertiary/aromatic N) is 2. The molecule has 0 heterocycles. The average Bonchev–Trinajstić information content (AvgIpc) is 3.14. The SMILES string of the molecule is CN=C(NCCSC)N(C)CCOCC1CC1.I. The Bertz CT molecular complexity index is 237. The molecule has 1 rings (SSSR count). The maximum Gasteiger partial charge on any atom is 0.193 e. The molecule has 108 valence electrons. The van der Waals surface area contributed by atoms with Crippen LogP contribution in [-0.2, 0) is 4.74 Å². The van der Waals surface area contributed by atoms with E-state index in [1.165, 1.54) is 12.8 Å². The van der Waals surface area contributed by atoms with Crippen molar-refractivity contribution in [1.82, 2.24) is 10.2 Å². The molecule has 0 spiro atoms. The lowest BCUT2D eigenvalue weighted by atomic mass is 10.5. The zero-order valence-corrected chi connectivity index (χ0v) is 14.8. The van der Waals surface area contributed by atoms with Gasteiger partial charge in [-0.25, -0.2) is 0 Å². The molecule has 0 bridgehead atoms. The van der Waals surface area contributed by atoms with E-state index in [-0.39, 0.29) is 24.0 Å². The molecule has 4 nitrogen and oxygen atoms in total. The summed E-state index contributed by atoms with van der Waals surface area (Å²) in [6, 6.07) is 0. The molecular weight excluding hydrogens is 361 g/mol. The molecule has 1 aliphatic rings. The van der Waals surface area contributed by atoms with Gasteiger partial charge in [-0.15, -0.1) is 24.0 Å². The first-order chi connectivity index (χ1) is 8.27. The summed E-state index contributed by atoms with van der Waals surface area (Å²) in [5.74, 6) is 2.90. The highest BCUT2D eigenvalue weighted by Crippen LogP contribution is 2.28. The molecule has 0 amide bonds. The molecule has 1 N–H and O–H groups in total. The molecule has 0 aromatic rings. The Morgan fingerprint density at radius 2 is 2.22 bits per heavy atom. The van der Waals surface area contributed by atoms with Crippen molar-refractivity contribution >= 4 is 41.7 Å². The highest BCUT2D eigenvalue weighted by atomic mass is 127. The number of guanidine groups is 1. The number of thioether (sulfide) groups is 1. The third-order valence-electron chi connectivity index (χ3n) is 2.78. The van der Waals surface area contributed by atoms with Gasteiger partial charge in [-0.05, 0) is 25.0 Å². The quantitative estimate of drug-likeness (QED) is 0.299. The van der Waals surface area contributed by atoms with Crippen molar-refractivity contribution in [2.45, 2.75) is 12.8 Å². The summed E-state index contributed by atoms with van der Waals surface area (Å²) in [4.78, 5) is 6.37. The second kappa shape index (κ2) is 11.2. The maximum atomic E-state index is 5.62. The third kappa shape index (κ3) is 8.42. The van der Waals surface area contributed by atoms with Crippen molar-refractivity contribution in [2.24, 2.45) is 10.9 Å². The molecule has 0 unspecified atom stereocenters. The first-order valence-electron chi connectivity index (χ1n) is 6.26. The Kier molecular flexibility index (Phi) is 11.4. The van der Waals surface area contributed by atoms with Gasteiger partial charge in [0.25, 0.3) is 0 Å². The molecule has 0 aromatic carbocycles. The summed E-state index contributed by atoms with van der Waals surface area (Å²) in [6.45, 7) is 3.58. The standard InChI is InChI=1S/C12H25N3OS.HI/c1-13-12(14-6-9-17-3)15(2)7-8-16-10-11-4-5-11;/h11H,4-10H2,1-3H3,(H,13,14);1H. The van der Waals surface area contributed by atoms with E-state index in [4.69, 9.17) is 4.74 Å². The number of hydrogen-bond acceptors (Lipinski definition) is 3. The minimum Gasteiger partial charge on any atom is -0.379 e. The van der Waals surface area contributed by atoms with Crippen LogP contribution in [0.25, 0.3) is 0 Å². The van der Waals surface area contributed by atoms with Gasteiger partial charge < -0.3 is 15.0 Å². The van der Waals surface area contributed by atoms with E-state index < -0.39 is 0 Å². The van der Waals surface area contributed by atoms with Gasteiger partial charge in [0.2, 0.25) is 0 Å². The summed E-state index contributed by atoms with van der Waals surface area (Å²) < 4.78 is 5.62. The van der Waals surface area contributed by atoms with Crippen molar-refractivity contribution in [3.63, 3.8) is 0 Å². The first kappa shape index (κ1) is 18.3. The second-order valence-corrected chi connectivity index (χ2v) is 5.39. The van der Waals surface area contributed by atoms with Crippen LogP contribution in [0.15, 0.2) is 4.99 Å². The third-order valence-corrected chi connectivity index (χ3v) is 3.40. The van der Waals surface area contributed by atoms with Gasteiger partial charge in [0.15, 0.2) is 5.96 Å². The molecule has 18 heavy (non-hydrogen) atoms. The summed E-state index contributed by atoms with van der Waals surface area (Å²) >= 11 is 1.84. The Morgan fingerprint density at radius 1 is 1.50 bits per heavy atom. The van der Waals surface area contributed by atoms with Crippen LogP contribution in [0.3, 0.4) is 0 Å². The van der Waals surface area contributed by atoms with Crippen molar-refractivity contribution in [3.05, 3.63) is 0 Å². The molecule has 0 saturated heterocycles. The first-order valence-corrected chi connectivity index (χ1v) is 7.65. The molecule has 0 radical (unpaired) electrons. The molecular formula is C12H26IN3OS. The molecule has 1 saturated carbocycles. The average molecular weight is 387 g/mol. The summed E-state index contributed by atoms with van der Waals surface area (Å²) in [5, 5.41) is 3.33. The molecule has 1 fully saturated rings. The van der Waals surface area contributed by atoms with Crippen LogP contribution in [0.1, 0.15) is 12.8 Å². The highest BCUT2D eigenvalue weighted by Gasteiger charge is 2.21. The highest BCUT2D eigenvalue weighted by molar-refractivity contribution is 14.0. The van der Waals surface area contributed by atoms with E-state index in [1.54, 1.807) is 0 Å². The lowest BCUT2D eigenvalue weighted by Crippen LogP contribution is -2.41. The van der Waals surface area contributed by atoms with Gasteiger partial charge in [-0.3, -0.25) is 4.99 Å². The number of likely N-dealkylation sites (N-methyl/N-ethyl adjacent to an activating group) is 1. The zero-order valence-electron chi connectivity index (χ0n) is 11.6. The molecule has 6 heteroatoms. The van der Waals surface area contributed by atoms with Gasteiger partial charge in [0.05, 0.1) is 6.61 Å². The van der Waals surface area contributed by atoms with Crippen LogP contribution in [0.4, 0.5) is 0 Å². The Labute approximate surface area is 132 Å². The maximum absolute atomic E-state index is 5.62. The molecule has 0 aliphatic heterocycles. The number of ether oxygens (including phenoxy) is 1. The lowest BCUT2D eigenvalue weighted by molar-refractivity contribution is 0.115. The van der Waals surface area contributed by atoms with E-state index in [9.17, 15) is 0 Å². The Hall–Kier alpha value is 0.310. The lowest BCUT2D eigenvalue weighted by Gasteiger charge is -2.21. The van der Waals surface area contributed by atoms with E-state index >= 15 is 0 Å². The van der Waals surface area contributed by atoms with Gasteiger partial charge in [0.1, 0.15) is 0 Å². The van der Waals surface area contributed by atoms with Crippen LogP contribution in [0.5, 0.6) is 0 Å². The normalized spacial score (nSPS) is 15.2. The molecule has 0 aromatic heterocycles. The van der Waals surface area contributed by atoms with Crippen molar-refractivity contribution in [3.8, 4) is 0 Å². The number of hydrogen-bond donors (Lipinski definition) is 1. The van der Waals surface area contributed by atoms with E-state index in [0.717, 1.165) is 43.9 Å². The fraction of sp³-hybridized carbons (Fsp3) is 0.917. The fourth-order valence-corrected chi connectivity index (χ4v) is 1.80. The number of halogens is 1. The smallest absolute Gasteiger partial charge is 0.193 e. The van der Waals surface area contributed by atoms with Gasteiger partial charge >= 0.3 is 0 Å². The number of rotatable bonds is 8. The van der Waals surface area contributed by atoms with Crippen LogP contribution in [0.2, 0.25) is 0 Å². The van der Waals surface area contributed by atoms with Gasteiger partial charge in [-0.1, -0.05) is 0 Å². The molecule has 1 aliphatic carbocycles. The largest absolute Gasteiger partial charge is 0.379 e. The Balaban J connectivity index is 0.00000289. The van der Waals surface area contributed by atoms with E-state index in [2.05, 4.69) is 28.5 Å². The zero-order chi connectivity index (χ0) is 12.5. The van der Waals surface area contributed by atoms with Crippen molar-refractivity contribution in [2.75, 3.05) is 52.4 Å². The van der Waals surface area contributed by atoms with Crippen LogP contribution in [-0.4, -0.2) is 63.3 Å². The second-order valence-electron chi connectivity index (χ2n) is 4.41. The summed E-state index contributed by atoms with van der Waals surface area (Å²) in [6.07, 6.45) is 4.82. The minimum absolute atomic E-state index is 0.